The first-order valence-electron chi connectivity index (χ1n) is 13.5. The number of hydrogen-bond acceptors (Lipinski definition) is 5. The molecule has 7 nitrogen and oxygen atoms in total. The average molecular weight is 518 g/mol. The number of aromatic nitrogens is 1. The largest absolute Gasteiger partial charge is 0.508 e. The van der Waals surface area contributed by atoms with E-state index in [0.717, 1.165) is 36.2 Å². The molecule has 5 N–H and O–H groups in total. The van der Waals surface area contributed by atoms with E-state index in [1.54, 1.807) is 18.2 Å². The lowest BCUT2D eigenvalue weighted by Gasteiger charge is -2.60. The van der Waals surface area contributed by atoms with Gasteiger partial charge in [0.2, 0.25) is 0 Å². The third-order valence-electron chi connectivity index (χ3n) is 8.58. The number of primary amides is 1. The standard InChI is InChI=1S/C29H33N3O4.C2H6/c1-18-8-9-22(33)15-24(18)28-11-13-32(12-10-20-6-4-3-5-7-20)19(2)29(28,36)16-21-14-23(26(30)34)27(35)31-25(21)17-28;1-2/h3-9,14-15,19,33,36H,10-13,16-17H2,1-2H3,(H2,30,34)(H,31,35);1-2H3. The Labute approximate surface area is 224 Å². The Morgan fingerprint density at radius 3 is 2.53 bits per heavy atom. The van der Waals surface area contributed by atoms with Gasteiger partial charge in [-0.1, -0.05) is 50.2 Å². The number of piperidine rings is 1. The number of aromatic hydroxyl groups is 1. The second-order valence-electron chi connectivity index (χ2n) is 10.4. The fourth-order valence-electron chi connectivity index (χ4n) is 6.52. The van der Waals surface area contributed by atoms with Crippen LogP contribution in [0.1, 0.15) is 65.5 Å². The third-order valence-corrected chi connectivity index (χ3v) is 8.58. The Bertz CT molecular complexity index is 1370. The molecule has 1 saturated heterocycles. The maximum atomic E-state index is 12.7. The molecule has 38 heavy (non-hydrogen) atoms. The van der Waals surface area contributed by atoms with Crippen LogP contribution in [0.5, 0.6) is 5.75 Å². The highest BCUT2D eigenvalue weighted by Gasteiger charge is 2.61. The lowest BCUT2D eigenvalue weighted by Crippen LogP contribution is -2.71. The minimum Gasteiger partial charge on any atom is -0.508 e. The van der Waals surface area contributed by atoms with E-state index >= 15 is 0 Å². The number of benzene rings is 2. The summed E-state index contributed by atoms with van der Waals surface area (Å²) in [5.41, 5.74) is 7.48. The van der Waals surface area contributed by atoms with Crippen molar-refractivity contribution in [2.75, 3.05) is 13.1 Å². The zero-order valence-corrected chi connectivity index (χ0v) is 22.8. The number of aliphatic hydroxyl groups is 1. The van der Waals surface area contributed by atoms with Crippen LogP contribution in [0.3, 0.4) is 0 Å². The molecule has 3 unspecified atom stereocenters. The highest BCUT2D eigenvalue weighted by molar-refractivity contribution is 5.92. The molecule has 2 heterocycles. The van der Waals surface area contributed by atoms with Gasteiger partial charge in [0.05, 0.1) is 5.60 Å². The Hall–Kier alpha value is -3.42. The molecule has 3 atom stereocenters. The van der Waals surface area contributed by atoms with Gasteiger partial charge in [-0.3, -0.25) is 14.5 Å². The molecule has 1 aromatic heterocycles. The first-order chi connectivity index (χ1) is 18.1. The van der Waals surface area contributed by atoms with E-state index in [0.29, 0.717) is 18.5 Å². The minimum atomic E-state index is -1.21. The number of carbonyl (C=O) groups excluding carboxylic acids is 1. The second kappa shape index (κ2) is 10.8. The van der Waals surface area contributed by atoms with E-state index in [4.69, 9.17) is 5.73 Å². The summed E-state index contributed by atoms with van der Waals surface area (Å²) in [7, 11) is 0. The predicted molar refractivity (Wildman–Crippen MR) is 150 cm³/mol. The van der Waals surface area contributed by atoms with Crippen molar-refractivity contribution in [3.63, 3.8) is 0 Å². The van der Waals surface area contributed by atoms with Gasteiger partial charge in [-0.25, -0.2) is 0 Å². The van der Waals surface area contributed by atoms with Crippen molar-refractivity contribution in [3.8, 4) is 5.75 Å². The van der Waals surface area contributed by atoms with E-state index in [1.807, 2.05) is 45.0 Å². The van der Waals surface area contributed by atoms with E-state index in [2.05, 4.69) is 28.9 Å². The van der Waals surface area contributed by atoms with Crippen LogP contribution >= 0.6 is 0 Å². The van der Waals surface area contributed by atoms with Gasteiger partial charge in [-0.05, 0) is 73.7 Å². The summed E-state index contributed by atoms with van der Waals surface area (Å²) < 4.78 is 0. The molecule has 1 fully saturated rings. The number of aromatic amines is 1. The molecule has 2 aliphatic rings. The number of aryl methyl sites for hydroxylation is 1. The van der Waals surface area contributed by atoms with Gasteiger partial charge in [0.15, 0.2) is 0 Å². The molecule has 5 rings (SSSR count). The summed E-state index contributed by atoms with van der Waals surface area (Å²) in [4.78, 5) is 29.7. The summed E-state index contributed by atoms with van der Waals surface area (Å²) >= 11 is 0. The van der Waals surface area contributed by atoms with Gasteiger partial charge in [-0.2, -0.15) is 0 Å². The quantitative estimate of drug-likeness (QED) is 0.412. The summed E-state index contributed by atoms with van der Waals surface area (Å²) in [5, 5.41) is 23.1. The molecule has 7 heteroatoms. The van der Waals surface area contributed by atoms with Gasteiger partial charge < -0.3 is 20.9 Å². The fourth-order valence-corrected chi connectivity index (χ4v) is 6.52. The first kappa shape index (κ1) is 27.6. The van der Waals surface area contributed by atoms with Crippen LogP contribution in [0.25, 0.3) is 0 Å². The van der Waals surface area contributed by atoms with Crippen molar-refractivity contribution in [1.29, 1.82) is 0 Å². The zero-order valence-electron chi connectivity index (χ0n) is 22.8. The summed E-state index contributed by atoms with van der Waals surface area (Å²) in [5.74, 6) is -0.636. The molecular formula is C31H39N3O4. The van der Waals surface area contributed by atoms with E-state index in [1.165, 1.54) is 5.56 Å². The van der Waals surface area contributed by atoms with Crippen molar-refractivity contribution < 1.29 is 15.0 Å². The molecule has 1 aliphatic heterocycles. The number of rotatable bonds is 5. The molecule has 0 radical (unpaired) electrons. The number of amides is 1. The Morgan fingerprint density at radius 2 is 1.84 bits per heavy atom. The van der Waals surface area contributed by atoms with Crippen molar-refractivity contribution in [2.45, 2.75) is 70.4 Å². The normalized spacial score (nSPS) is 24.5. The Balaban J connectivity index is 0.00000164. The van der Waals surface area contributed by atoms with Crippen molar-refractivity contribution in [3.05, 3.63) is 98.5 Å². The molecule has 0 saturated carbocycles. The van der Waals surface area contributed by atoms with Crippen LogP contribution in [0.4, 0.5) is 0 Å². The maximum absolute atomic E-state index is 12.7. The van der Waals surface area contributed by atoms with E-state index in [9.17, 15) is 19.8 Å². The summed E-state index contributed by atoms with van der Waals surface area (Å²) in [6.07, 6.45) is 2.19. The van der Waals surface area contributed by atoms with Crippen LogP contribution in [0.2, 0.25) is 0 Å². The van der Waals surface area contributed by atoms with Gasteiger partial charge in [-0.15, -0.1) is 0 Å². The lowest BCUT2D eigenvalue weighted by molar-refractivity contribution is -0.138. The molecule has 0 spiro atoms. The van der Waals surface area contributed by atoms with E-state index in [-0.39, 0.29) is 23.8 Å². The predicted octanol–water partition coefficient (Wildman–Crippen LogP) is 3.62. The number of nitrogens with zero attached hydrogens (tertiary/aromatic N) is 1. The number of likely N-dealkylation sites (tertiary alicyclic amines) is 1. The number of H-pyrrole nitrogens is 1. The molecule has 0 bridgehead atoms. The molecule has 1 aliphatic carbocycles. The van der Waals surface area contributed by atoms with Crippen molar-refractivity contribution >= 4 is 5.91 Å². The molecule has 1 amide bonds. The van der Waals surface area contributed by atoms with Crippen molar-refractivity contribution in [2.24, 2.45) is 5.73 Å². The van der Waals surface area contributed by atoms with Gasteiger partial charge in [0, 0.05) is 36.5 Å². The average Bonchev–Trinajstić information content (AvgIpc) is 2.91. The van der Waals surface area contributed by atoms with Gasteiger partial charge in [0.1, 0.15) is 11.3 Å². The van der Waals surface area contributed by atoms with Crippen LogP contribution in [-0.2, 0) is 24.7 Å². The number of fused-ring (bicyclic) bond motifs is 2. The number of pyridine rings is 1. The molecular weight excluding hydrogens is 478 g/mol. The Morgan fingerprint density at radius 1 is 1.13 bits per heavy atom. The number of nitrogens with one attached hydrogen (secondary N) is 1. The number of nitrogens with two attached hydrogens (primary N) is 1. The van der Waals surface area contributed by atoms with Crippen LogP contribution in [0, 0.1) is 6.92 Å². The molecule has 2 aromatic carbocycles. The topological polar surface area (TPSA) is 120 Å². The molecule has 3 aromatic rings. The fraction of sp³-hybridized carbons (Fsp3) is 0.419. The van der Waals surface area contributed by atoms with Gasteiger partial charge >= 0.3 is 0 Å². The van der Waals surface area contributed by atoms with Crippen LogP contribution in [0.15, 0.2) is 59.4 Å². The number of hydrogen-bond donors (Lipinski definition) is 4. The lowest BCUT2D eigenvalue weighted by atomic mass is 9.53. The van der Waals surface area contributed by atoms with Gasteiger partial charge in [0.25, 0.3) is 11.5 Å². The molecule has 202 valence electrons. The number of phenols is 1. The highest BCUT2D eigenvalue weighted by atomic mass is 16.3. The maximum Gasteiger partial charge on any atom is 0.261 e. The monoisotopic (exact) mass is 517 g/mol. The number of carbonyl (C=O) groups is 1. The smallest absolute Gasteiger partial charge is 0.261 e. The highest BCUT2D eigenvalue weighted by Crippen LogP contribution is 2.53. The van der Waals surface area contributed by atoms with Crippen molar-refractivity contribution in [1.82, 2.24) is 9.88 Å². The zero-order chi connectivity index (χ0) is 27.7. The summed E-state index contributed by atoms with van der Waals surface area (Å²) in [6.45, 7) is 9.62. The first-order valence-corrected chi connectivity index (χ1v) is 13.5. The minimum absolute atomic E-state index is 0.0946. The number of phenolic OH excluding ortho intramolecular Hbond substituents is 1. The van der Waals surface area contributed by atoms with Crippen LogP contribution in [-0.4, -0.2) is 50.7 Å². The SMILES string of the molecule is CC.Cc1ccc(O)cc1C12CCN(CCc3ccccc3)C(C)C1(O)Cc1cc(C(N)=O)c(=O)[nH]c1C2. The van der Waals surface area contributed by atoms with Crippen LogP contribution < -0.4 is 11.3 Å². The summed E-state index contributed by atoms with van der Waals surface area (Å²) in [6, 6.07) is 16.9. The Kier molecular flexibility index (Phi) is 7.81. The third kappa shape index (κ3) is 4.65. The van der Waals surface area contributed by atoms with E-state index < -0.39 is 22.5 Å². The second-order valence-corrected chi connectivity index (χ2v) is 10.4.